The lowest BCUT2D eigenvalue weighted by molar-refractivity contribution is -0.143. The van der Waals surface area contributed by atoms with Gasteiger partial charge in [-0.3, -0.25) is 15.1 Å². The van der Waals surface area contributed by atoms with Crippen molar-refractivity contribution in [3.63, 3.8) is 0 Å². The summed E-state index contributed by atoms with van der Waals surface area (Å²) >= 11 is 0. The fourth-order valence-electron chi connectivity index (χ4n) is 1.43. The largest absolute Gasteiger partial charge is 0.480 e. The second-order valence-electron chi connectivity index (χ2n) is 4.27. The number of carboxylic acids is 1. The van der Waals surface area contributed by atoms with Crippen molar-refractivity contribution in [1.29, 1.82) is 0 Å². The Morgan fingerprint density at radius 3 is 2.57 bits per heavy atom. The maximum absolute atomic E-state index is 11.7. The number of hydrogen-bond donors (Lipinski definition) is 2. The van der Waals surface area contributed by atoms with Gasteiger partial charge in [-0.05, 0) is 24.1 Å². The third-order valence-corrected chi connectivity index (χ3v) is 2.54. The summed E-state index contributed by atoms with van der Waals surface area (Å²) in [5.41, 5.74) is 1.03. The molecule has 0 saturated heterocycles. The average molecular weight is 295 g/mol. The van der Waals surface area contributed by atoms with Crippen LogP contribution in [0.15, 0.2) is 24.5 Å². The lowest BCUT2D eigenvalue weighted by Crippen LogP contribution is -2.43. The number of aliphatic carboxylic acids is 1. The van der Waals surface area contributed by atoms with Gasteiger partial charge in [-0.25, -0.2) is 9.59 Å². The van der Waals surface area contributed by atoms with Crippen LogP contribution in [0.25, 0.3) is 0 Å². The molecule has 0 aromatic carbocycles. The van der Waals surface area contributed by atoms with Gasteiger partial charge < -0.3 is 14.7 Å². The average Bonchev–Trinajstić information content (AvgIpc) is 2.45. The topological polar surface area (TPSA) is 109 Å². The number of carboxylic acid groups (broad SMARTS) is 1. The van der Waals surface area contributed by atoms with Crippen LogP contribution in [0.1, 0.15) is 5.56 Å². The number of nitrogens with zero attached hydrogens (tertiary/aromatic N) is 2. The molecule has 3 amide bonds. The molecule has 0 aliphatic heterocycles. The fraction of sp³-hybridized carbons (Fsp3) is 0.385. The van der Waals surface area contributed by atoms with Crippen LogP contribution >= 0.6 is 0 Å². The minimum atomic E-state index is -1.18. The first-order valence-corrected chi connectivity index (χ1v) is 6.22. The van der Waals surface area contributed by atoms with Crippen LogP contribution in [0.4, 0.5) is 4.79 Å². The van der Waals surface area contributed by atoms with Crippen LogP contribution in [0, 0.1) is 0 Å². The van der Waals surface area contributed by atoms with Gasteiger partial charge in [0, 0.05) is 26.0 Å². The van der Waals surface area contributed by atoms with Gasteiger partial charge in [-0.2, -0.15) is 0 Å². The van der Waals surface area contributed by atoms with Crippen molar-refractivity contribution in [3.8, 4) is 0 Å². The first-order valence-electron chi connectivity index (χ1n) is 6.22. The van der Waals surface area contributed by atoms with Gasteiger partial charge >= 0.3 is 12.0 Å². The summed E-state index contributed by atoms with van der Waals surface area (Å²) in [6.45, 7) is -0.630. The maximum Gasteiger partial charge on any atom is 0.329 e. The van der Waals surface area contributed by atoms with Crippen molar-refractivity contribution in [1.82, 2.24) is 15.2 Å². The third kappa shape index (κ3) is 7.02. The van der Waals surface area contributed by atoms with E-state index in [-0.39, 0.29) is 0 Å². The second kappa shape index (κ2) is 8.64. The molecule has 1 aromatic rings. The van der Waals surface area contributed by atoms with Gasteiger partial charge in [0.25, 0.3) is 5.91 Å². The number of nitrogens with one attached hydrogen (secondary N) is 1. The van der Waals surface area contributed by atoms with Crippen molar-refractivity contribution >= 4 is 17.9 Å². The molecule has 114 valence electrons. The number of carbonyl (C=O) groups excluding carboxylic acids is 2. The first-order chi connectivity index (χ1) is 9.99. The molecule has 21 heavy (non-hydrogen) atoms. The van der Waals surface area contributed by atoms with E-state index in [9.17, 15) is 14.4 Å². The Labute approximate surface area is 121 Å². The van der Waals surface area contributed by atoms with E-state index in [1.165, 1.54) is 4.90 Å². The summed E-state index contributed by atoms with van der Waals surface area (Å²) in [5.74, 6) is -1.86. The maximum atomic E-state index is 11.7. The van der Waals surface area contributed by atoms with Gasteiger partial charge in [-0.1, -0.05) is 0 Å². The van der Waals surface area contributed by atoms with Crippen molar-refractivity contribution in [2.24, 2.45) is 0 Å². The van der Waals surface area contributed by atoms with E-state index in [4.69, 9.17) is 5.11 Å². The predicted molar refractivity (Wildman–Crippen MR) is 72.6 cm³/mol. The molecule has 0 fully saturated rings. The highest BCUT2D eigenvalue weighted by Crippen LogP contribution is 1.99. The monoisotopic (exact) mass is 295 g/mol. The molecule has 0 bridgehead atoms. The van der Waals surface area contributed by atoms with Gasteiger partial charge in [0.15, 0.2) is 0 Å². The van der Waals surface area contributed by atoms with Gasteiger partial charge in [0.05, 0.1) is 0 Å². The number of hydrogen-bond acceptors (Lipinski definition) is 5. The molecule has 1 heterocycles. The number of ether oxygens (including phenoxy) is 1. The Morgan fingerprint density at radius 2 is 1.95 bits per heavy atom. The molecule has 0 radical (unpaired) electrons. The summed E-state index contributed by atoms with van der Waals surface area (Å²) in [6.07, 6.45) is 3.97. The summed E-state index contributed by atoms with van der Waals surface area (Å²) < 4.78 is 4.58. The van der Waals surface area contributed by atoms with Crippen molar-refractivity contribution in [2.75, 3.05) is 26.8 Å². The molecule has 2 N–H and O–H groups in total. The van der Waals surface area contributed by atoms with Crippen LogP contribution in [-0.2, 0) is 20.7 Å². The number of imide groups is 1. The van der Waals surface area contributed by atoms with E-state index in [1.54, 1.807) is 19.4 Å². The zero-order valence-corrected chi connectivity index (χ0v) is 11.6. The Balaban J connectivity index is 2.27. The van der Waals surface area contributed by atoms with Crippen LogP contribution in [-0.4, -0.2) is 59.7 Å². The summed E-state index contributed by atoms with van der Waals surface area (Å²) in [6, 6.07) is 3.13. The van der Waals surface area contributed by atoms with E-state index in [1.807, 2.05) is 12.1 Å². The van der Waals surface area contributed by atoms with Crippen LogP contribution in [0.5, 0.6) is 0 Å². The zero-order valence-electron chi connectivity index (χ0n) is 11.6. The number of pyridine rings is 1. The Hall–Kier alpha value is -2.48. The Kier molecular flexibility index (Phi) is 6.82. The molecular weight excluding hydrogens is 278 g/mol. The van der Waals surface area contributed by atoms with E-state index in [0.717, 1.165) is 5.56 Å². The molecule has 0 atom stereocenters. The van der Waals surface area contributed by atoms with Crippen LogP contribution in [0.3, 0.4) is 0 Å². The first kappa shape index (κ1) is 16.6. The molecule has 0 unspecified atom stereocenters. The van der Waals surface area contributed by atoms with Crippen molar-refractivity contribution in [2.45, 2.75) is 6.42 Å². The van der Waals surface area contributed by atoms with Crippen molar-refractivity contribution < 1.29 is 24.2 Å². The minimum absolute atomic E-state index is 0.430. The molecule has 0 aliphatic carbocycles. The predicted octanol–water partition coefficient (Wildman–Crippen LogP) is -0.107. The van der Waals surface area contributed by atoms with Gasteiger partial charge in [0.1, 0.15) is 13.2 Å². The zero-order chi connectivity index (χ0) is 15.7. The van der Waals surface area contributed by atoms with Crippen molar-refractivity contribution in [3.05, 3.63) is 30.1 Å². The minimum Gasteiger partial charge on any atom is -0.480 e. The molecule has 8 heteroatoms. The van der Waals surface area contributed by atoms with Gasteiger partial charge in [0.2, 0.25) is 0 Å². The lowest BCUT2D eigenvalue weighted by atomic mass is 10.2. The van der Waals surface area contributed by atoms with Crippen LogP contribution < -0.4 is 5.32 Å². The Bertz CT molecular complexity index is 492. The third-order valence-electron chi connectivity index (χ3n) is 2.54. The molecule has 0 aliphatic rings. The number of carbonyl (C=O) groups is 3. The molecular formula is C13H17N3O5. The lowest BCUT2D eigenvalue weighted by Gasteiger charge is -2.17. The molecule has 8 nitrogen and oxygen atoms in total. The molecule has 0 saturated carbocycles. The molecule has 1 aromatic heterocycles. The number of likely N-dealkylation sites (N-methyl/N-ethyl adjacent to an activating group) is 1. The Morgan fingerprint density at radius 1 is 1.29 bits per heavy atom. The number of aromatic nitrogens is 1. The van der Waals surface area contributed by atoms with E-state index in [0.29, 0.717) is 13.0 Å². The smallest absolute Gasteiger partial charge is 0.329 e. The summed E-state index contributed by atoms with van der Waals surface area (Å²) in [4.78, 5) is 38.5. The highest BCUT2D eigenvalue weighted by molar-refractivity contribution is 5.94. The quantitative estimate of drug-likeness (QED) is 0.726. The summed E-state index contributed by atoms with van der Waals surface area (Å²) in [5, 5.41) is 10.4. The summed E-state index contributed by atoms with van der Waals surface area (Å²) in [7, 11) is 1.56. The number of rotatable bonds is 7. The number of amides is 3. The van der Waals surface area contributed by atoms with Crippen LogP contribution in [0.2, 0.25) is 0 Å². The van der Waals surface area contributed by atoms with E-state index in [2.05, 4.69) is 15.0 Å². The molecule has 1 rings (SSSR count). The highest BCUT2D eigenvalue weighted by Gasteiger charge is 2.12. The molecule has 0 spiro atoms. The second-order valence-corrected chi connectivity index (χ2v) is 4.27. The SMILES string of the molecule is CN(CCc1ccncc1)C(=O)NC(=O)COCC(=O)O. The highest BCUT2D eigenvalue weighted by atomic mass is 16.5. The van der Waals surface area contributed by atoms with E-state index < -0.39 is 31.1 Å². The number of urea groups is 1. The van der Waals surface area contributed by atoms with Gasteiger partial charge in [-0.15, -0.1) is 0 Å². The standard InChI is InChI=1S/C13H17N3O5/c1-16(7-4-10-2-5-14-6-3-10)13(20)15-11(17)8-21-9-12(18)19/h2-3,5-6H,4,7-9H2,1H3,(H,18,19)(H,15,17,20). The fourth-order valence-corrected chi connectivity index (χ4v) is 1.43. The van der Waals surface area contributed by atoms with E-state index >= 15 is 0 Å². The normalized spacial score (nSPS) is 9.95.